The molecule has 0 bridgehead atoms. The average Bonchev–Trinajstić information content (AvgIpc) is 1.83. The Balaban J connectivity index is 3.25. The summed E-state index contributed by atoms with van der Waals surface area (Å²) in [5, 5.41) is 1.38. The fourth-order valence-electron chi connectivity index (χ4n) is 0.511. The van der Waals surface area contributed by atoms with Crippen LogP contribution in [0.15, 0.2) is 18.2 Å². The molecular formula is C6H3AlCl2+2. The minimum atomic E-state index is 0.688. The van der Waals surface area contributed by atoms with Gasteiger partial charge in [0, 0.05) is 0 Å². The topological polar surface area (TPSA) is 0 Å². The Morgan fingerprint density at radius 1 is 1.11 bits per heavy atom. The molecule has 0 atom stereocenters. The molecule has 1 rings (SSSR count). The third kappa shape index (κ3) is 1.63. The molecule has 0 radical (unpaired) electrons. The molecule has 42 valence electrons. The van der Waals surface area contributed by atoms with Gasteiger partial charge in [0.15, 0.2) is 0 Å². The molecule has 0 N–H and O–H groups in total. The predicted octanol–water partition coefficient (Wildman–Crippen LogP) is 1.79. The average molecular weight is 173 g/mol. The van der Waals surface area contributed by atoms with Crippen molar-refractivity contribution >= 4 is 43.9 Å². The molecule has 0 nitrogen and oxygen atoms in total. The maximum atomic E-state index is 5.71. The van der Waals surface area contributed by atoms with Crippen molar-refractivity contribution in [1.29, 1.82) is 0 Å². The second-order valence-electron chi connectivity index (χ2n) is 1.64. The molecule has 9 heavy (non-hydrogen) atoms. The van der Waals surface area contributed by atoms with Gasteiger partial charge >= 0.3 is 72.2 Å². The standard InChI is InChI=1S/C6H3Cl2.Al/c7-5-2-1-3-6(8)4-5;/h1-3H;/q;+2. The van der Waals surface area contributed by atoms with Crippen molar-refractivity contribution in [2.75, 3.05) is 0 Å². The van der Waals surface area contributed by atoms with E-state index < -0.39 is 0 Å². The van der Waals surface area contributed by atoms with Gasteiger partial charge in [-0.05, 0) is 0 Å². The quantitative estimate of drug-likeness (QED) is 0.524. The molecule has 0 aliphatic rings. The van der Waals surface area contributed by atoms with E-state index >= 15 is 0 Å². The first-order chi connectivity index (χ1) is 4.22. The van der Waals surface area contributed by atoms with Crippen molar-refractivity contribution in [3.8, 4) is 0 Å². The van der Waals surface area contributed by atoms with E-state index in [1.165, 1.54) is 0 Å². The van der Waals surface area contributed by atoms with Gasteiger partial charge in [-0.15, -0.1) is 0 Å². The van der Waals surface area contributed by atoms with Crippen LogP contribution in [0.1, 0.15) is 0 Å². The van der Waals surface area contributed by atoms with Crippen molar-refractivity contribution in [1.82, 2.24) is 0 Å². The van der Waals surface area contributed by atoms with E-state index in [1.54, 1.807) is 12.1 Å². The van der Waals surface area contributed by atoms with Crippen molar-refractivity contribution in [2.24, 2.45) is 0 Å². The zero-order chi connectivity index (χ0) is 6.85. The fourth-order valence-corrected chi connectivity index (χ4v) is 1.10. The van der Waals surface area contributed by atoms with Gasteiger partial charge in [0.25, 0.3) is 0 Å². The van der Waals surface area contributed by atoms with Crippen LogP contribution in [0.3, 0.4) is 0 Å². The van der Waals surface area contributed by atoms with Gasteiger partial charge in [0.1, 0.15) is 0 Å². The zero-order valence-corrected chi connectivity index (χ0v) is 7.23. The van der Waals surface area contributed by atoms with Gasteiger partial charge in [-0.3, -0.25) is 0 Å². The molecule has 1 aromatic rings. The summed E-state index contributed by atoms with van der Waals surface area (Å²) in [7, 11) is 0. The van der Waals surface area contributed by atoms with E-state index in [4.69, 9.17) is 23.2 Å². The summed E-state index contributed by atoms with van der Waals surface area (Å²) in [5.41, 5.74) is 0. The van der Waals surface area contributed by atoms with Crippen LogP contribution in [0.25, 0.3) is 0 Å². The monoisotopic (exact) mass is 172 g/mol. The Labute approximate surface area is 72.2 Å². The van der Waals surface area contributed by atoms with Gasteiger partial charge in [-0.25, -0.2) is 0 Å². The van der Waals surface area contributed by atoms with Crippen molar-refractivity contribution in [3.05, 3.63) is 28.2 Å². The zero-order valence-electron chi connectivity index (χ0n) is 4.57. The van der Waals surface area contributed by atoms with Crippen LogP contribution < -0.4 is 4.43 Å². The van der Waals surface area contributed by atoms with E-state index in [1.807, 2.05) is 6.07 Å². The van der Waals surface area contributed by atoms with Crippen LogP contribution in [0, 0.1) is 0 Å². The third-order valence-electron chi connectivity index (χ3n) is 1.000. The molecule has 0 unspecified atom stereocenters. The molecule has 0 spiro atoms. The molecule has 0 saturated carbocycles. The first-order valence-electron chi connectivity index (χ1n) is 2.41. The maximum absolute atomic E-state index is 5.71. The molecular weight excluding hydrogens is 170 g/mol. The van der Waals surface area contributed by atoms with Crippen LogP contribution in [0.2, 0.25) is 10.0 Å². The van der Waals surface area contributed by atoms with E-state index in [-0.39, 0.29) is 0 Å². The summed E-state index contributed by atoms with van der Waals surface area (Å²) in [6.45, 7) is 0. The Morgan fingerprint density at radius 3 is 1.89 bits per heavy atom. The van der Waals surface area contributed by atoms with Gasteiger partial charge < -0.3 is 0 Å². The van der Waals surface area contributed by atoms with Crippen LogP contribution in [0.5, 0.6) is 0 Å². The SMILES string of the molecule is [Al+2][c]1c(Cl)cccc1Cl. The Kier molecular flexibility index (Phi) is 2.43. The summed E-state index contributed by atoms with van der Waals surface area (Å²) in [6.07, 6.45) is 0. The van der Waals surface area contributed by atoms with E-state index in [2.05, 4.69) is 16.3 Å². The molecule has 0 aliphatic heterocycles. The van der Waals surface area contributed by atoms with E-state index in [9.17, 15) is 0 Å². The van der Waals surface area contributed by atoms with Crippen molar-refractivity contribution < 1.29 is 0 Å². The Hall–Kier alpha value is 0.332. The second-order valence-corrected chi connectivity index (χ2v) is 3.03. The van der Waals surface area contributed by atoms with Crippen LogP contribution in [-0.4, -0.2) is 16.3 Å². The minimum absolute atomic E-state index is 0.688. The van der Waals surface area contributed by atoms with Gasteiger partial charge in [-0.2, -0.15) is 0 Å². The summed E-state index contributed by atoms with van der Waals surface area (Å²) >= 11 is 13.9. The number of rotatable bonds is 0. The first kappa shape index (κ1) is 7.44. The Morgan fingerprint density at radius 2 is 1.56 bits per heavy atom. The normalized spacial score (nSPS) is 9.78. The van der Waals surface area contributed by atoms with Crippen LogP contribution in [-0.2, 0) is 0 Å². The number of hydrogen-bond donors (Lipinski definition) is 0. The number of halogens is 2. The van der Waals surface area contributed by atoms with Crippen molar-refractivity contribution in [3.63, 3.8) is 0 Å². The summed E-state index contributed by atoms with van der Waals surface area (Å²) < 4.78 is 0.862. The van der Waals surface area contributed by atoms with Crippen molar-refractivity contribution in [2.45, 2.75) is 0 Å². The van der Waals surface area contributed by atoms with E-state index in [0.717, 1.165) is 4.43 Å². The van der Waals surface area contributed by atoms with Gasteiger partial charge in [0.2, 0.25) is 0 Å². The van der Waals surface area contributed by atoms with Gasteiger partial charge in [-0.1, -0.05) is 0 Å². The predicted molar refractivity (Wildman–Crippen MR) is 41.9 cm³/mol. The summed E-state index contributed by atoms with van der Waals surface area (Å²) in [6, 6.07) is 5.42. The Bertz CT molecular complexity index is 202. The molecule has 3 heteroatoms. The third-order valence-corrected chi connectivity index (χ3v) is 2.65. The van der Waals surface area contributed by atoms with Crippen LogP contribution in [0.4, 0.5) is 0 Å². The molecule has 0 aliphatic carbocycles. The number of hydrogen-bond acceptors (Lipinski definition) is 0. The summed E-state index contributed by atoms with van der Waals surface area (Å²) in [4.78, 5) is 0. The molecule has 0 fully saturated rings. The molecule has 0 aromatic heterocycles. The first-order valence-corrected chi connectivity index (χ1v) is 3.74. The van der Waals surface area contributed by atoms with Gasteiger partial charge in [0.05, 0.1) is 0 Å². The number of benzene rings is 1. The molecule has 0 saturated heterocycles. The molecule has 1 aromatic carbocycles. The second kappa shape index (κ2) is 2.95. The summed E-state index contributed by atoms with van der Waals surface area (Å²) in [5.74, 6) is 0. The fraction of sp³-hybridized carbons (Fsp3) is 0. The van der Waals surface area contributed by atoms with E-state index in [0.29, 0.717) is 10.0 Å². The molecule has 0 heterocycles. The molecule has 0 amide bonds. The van der Waals surface area contributed by atoms with Crippen LogP contribution >= 0.6 is 23.2 Å².